The van der Waals surface area contributed by atoms with Crippen molar-refractivity contribution in [2.24, 2.45) is 5.92 Å². The number of aryl methyl sites for hydroxylation is 1. The van der Waals surface area contributed by atoms with Crippen LogP contribution in [0.5, 0.6) is 0 Å². The van der Waals surface area contributed by atoms with Gasteiger partial charge in [0, 0.05) is 48.7 Å². The second kappa shape index (κ2) is 6.92. The van der Waals surface area contributed by atoms with Gasteiger partial charge in [0.15, 0.2) is 11.5 Å². The molecule has 2 aliphatic heterocycles. The third kappa shape index (κ3) is 3.11. The van der Waals surface area contributed by atoms with Gasteiger partial charge < -0.3 is 19.0 Å². The van der Waals surface area contributed by atoms with Crippen molar-refractivity contribution in [2.45, 2.75) is 25.8 Å². The Morgan fingerprint density at radius 3 is 3.00 bits per heavy atom. The zero-order valence-corrected chi connectivity index (χ0v) is 17.3. The Labute approximate surface area is 178 Å². The van der Waals surface area contributed by atoms with Crippen LogP contribution >= 0.6 is 0 Å². The number of fused-ring (bicyclic) bond motifs is 3. The Morgan fingerprint density at radius 1 is 1.19 bits per heavy atom. The first-order valence-electron chi connectivity index (χ1n) is 10.8. The first-order valence-corrected chi connectivity index (χ1v) is 10.8. The molecule has 1 unspecified atom stereocenters. The van der Waals surface area contributed by atoms with Crippen LogP contribution in [0.25, 0.3) is 27.9 Å². The van der Waals surface area contributed by atoms with Crippen molar-refractivity contribution < 1.29 is 8.81 Å². The van der Waals surface area contributed by atoms with Gasteiger partial charge in [-0.1, -0.05) is 0 Å². The lowest BCUT2D eigenvalue weighted by Crippen LogP contribution is -2.44. The maximum atomic E-state index is 14.2. The normalized spacial score (nSPS) is 21.2. The van der Waals surface area contributed by atoms with Crippen molar-refractivity contribution in [2.75, 3.05) is 24.5 Å². The van der Waals surface area contributed by atoms with Gasteiger partial charge in [-0.15, -0.1) is 0 Å². The number of nitrogens with one attached hydrogen (secondary N) is 1. The minimum atomic E-state index is -0.469. The van der Waals surface area contributed by atoms with Crippen LogP contribution in [0.2, 0.25) is 0 Å². The number of pyridine rings is 1. The number of rotatable bonds is 2. The van der Waals surface area contributed by atoms with E-state index >= 15 is 0 Å². The first kappa shape index (κ1) is 18.6. The van der Waals surface area contributed by atoms with Crippen molar-refractivity contribution in [3.05, 3.63) is 64.5 Å². The van der Waals surface area contributed by atoms with Gasteiger partial charge in [-0.05, 0) is 62.1 Å². The van der Waals surface area contributed by atoms with Gasteiger partial charge in [0.1, 0.15) is 5.58 Å². The highest BCUT2D eigenvalue weighted by Gasteiger charge is 2.32. The number of anilines is 1. The lowest BCUT2D eigenvalue weighted by Gasteiger charge is -2.36. The monoisotopic (exact) mass is 418 g/mol. The van der Waals surface area contributed by atoms with E-state index in [9.17, 15) is 9.18 Å². The van der Waals surface area contributed by atoms with Gasteiger partial charge in [0.05, 0.1) is 11.3 Å². The molecule has 0 amide bonds. The van der Waals surface area contributed by atoms with E-state index < -0.39 is 11.4 Å². The van der Waals surface area contributed by atoms with Crippen LogP contribution in [0.1, 0.15) is 18.4 Å². The number of hydrogen-bond donors (Lipinski definition) is 1. The molecule has 0 aliphatic carbocycles. The van der Waals surface area contributed by atoms with Crippen molar-refractivity contribution in [3.8, 4) is 11.3 Å². The number of aromatic nitrogens is 2. The molecule has 31 heavy (non-hydrogen) atoms. The maximum absolute atomic E-state index is 14.2. The summed E-state index contributed by atoms with van der Waals surface area (Å²) in [7, 11) is 0. The van der Waals surface area contributed by atoms with E-state index in [1.54, 1.807) is 22.9 Å². The molecule has 5 heterocycles. The summed E-state index contributed by atoms with van der Waals surface area (Å²) in [6.07, 6.45) is 5.80. The minimum Gasteiger partial charge on any atom is -0.422 e. The summed E-state index contributed by atoms with van der Waals surface area (Å²) in [6.45, 7) is 4.94. The molecule has 0 bridgehead atoms. The van der Waals surface area contributed by atoms with Crippen molar-refractivity contribution >= 4 is 22.3 Å². The fraction of sp³-hybridized carbons (Fsp3) is 0.333. The van der Waals surface area contributed by atoms with Crippen LogP contribution in [-0.4, -0.2) is 35.1 Å². The van der Waals surface area contributed by atoms with Gasteiger partial charge in [0.2, 0.25) is 0 Å². The van der Waals surface area contributed by atoms with Gasteiger partial charge in [0.25, 0.3) is 0 Å². The van der Waals surface area contributed by atoms with Gasteiger partial charge >= 0.3 is 5.63 Å². The Balaban J connectivity index is 1.37. The van der Waals surface area contributed by atoms with E-state index in [4.69, 9.17) is 4.42 Å². The molecule has 1 aromatic carbocycles. The molecule has 2 fully saturated rings. The summed E-state index contributed by atoms with van der Waals surface area (Å²) in [5.74, 6) is 0.264. The molecule has 0 spiro atoms. The zero-order chi connectivity index (χ0) is 21.1. The number of imidazole rings is 1. The van der Waals surface area contributed by atoms with Crippen molar-refractivity contribution in [1.29, 1.82) is 0 Å². The second-order valence-corrected chi connectivity index (χ2v) is 8.74. The predicted octanol–water partition coefficient (Wildman–Crippen LogP) is 3.74. The van der Waals surface area contributed by atoms with Crippen LogP contribution in [0.15, 0.2) is 51.9 Å². The first-order chi connectivity index (χ1) is 15.0. The Hall–Kier alpha value is -3.19. The lowest BCUT2D eigenvalue weighted by atomic mass is 9.93. The van der Waals surface area contributed by atoms with Crippen LogP contribution in [0, 0.1) is 18.7 Å². The highest BCUT2D eigenvalue weighted by atomic mass is 19.1. The average molecular weight is 418 g/mol. The molecule has 3 aromatic heterocycles. The largest absolute Gasteiger partial charge is 0.422 e. The van der Waals surface area contributed by atoms with Crippen LogP contribution in [0.4, 0.5) is 10.1 Å². The summed E-state index contributed by atoms with van der Waals surface area (Å²) < 4.78 is 21.5. The van der Waals surface area contributed by atoms with E-state index in [1.165, 1.54) is 12.5 Å². The Morgan fingerprint density at radius 2 is 2.10 bits per heavy atom. The third-order valence-electron chi connectivity index (χ3n) is 6.66. The molecule has 0 radical (unpaired) electrons. The number of piperidine rings is 1. The zero-order valence-electron chi connectivity index (χ0n) is 17.3. The van der Waals surface area contributed by atoms with Crippen LogP contribution < -0.4 is 15.8 Å². The molecule has 0 saturated carbocycles. The fourth-order valence-electron chi connectivity index (χ4n) is 5.08. The van der Waals surface area contributed by atoms with E-state index in [-0.39, 0.29) is 5.65 Å². The molecular weight excluding hydrogens is 395 g/mol. The van der Waals surface area contributed by atoms with E-state index in [0.29, 0.717) is 28.8 Å². The predicted molar refractivity (Wildman–Crippen MR) is 118 cm³/mol. The smallest absolute Gasteiger partial charge is 0.345 e. The molecule has 6 rings (SSSR count). The number of hydrogen-bond acceptors (Lipinski definition) is 5. The second-order valence-electron chi connectivity index (χ2n) is 8.74. The topological polar surface area (TPSA) is 62.8 Å². The molecule has 1 N–H and O–H groups in total. The number of nitrogens with zero attached hydrogens (tertiary/aromatic N) is 3. The molecule has 2 saturated heterocycles. The van der Waals surface area contributed by atoms with E-state index in [1.807, 2.05) is 19.1 Å². The molecule has 4 aromatic rings. The highest BCUT2D eigenvalue weighted by Crippen LogP contribution is 2.31. The van der Waals surface area contributed by atoms with Crippen molar-refractivity contribution in [3.63, 3.8) is 0 Å². The molecule has 2 aliphatic rings. The lowest BCUT2D eigenvalue weighted by molar-refractivity contribution is 0.376. The molecule has 2 atom stereocenters. The van der Waals surface area contributed by atoms with E-state index in [0.717, 1.165) is 42.7 Å². The van der Waals surface area contributed by atoms with E-state index in [2.05, 4.69) is 21.3 Å². The quantitative estimate of drug-likeness (QED) is 0.503. The maximum Gasteiger partial charge on any atom is 0.345 e. The average Bonchev–Trinajstić information content (AvgIpc) is 3.39. The summed E-state index contributed by atoms with van der Waals surface area (Å²) >= 11 is 0. The molecule has 158 valence electrons. The third-order valence-corrected chi connectivity index (χ3v) is 6.66. The SMILES string of the molecule is Cc1cc(F)c2nc(-c3cc4ccc(N5CCC6NCC[C@H]6C5)cc4oc3=O)cn2c1. The number of halogens is 1. The van der Waals surface area contributed by atoms with Crippen LogP contribution in [-0.2, 0) is 0 Å². The summed E-state index contributed by atoms with van der Waals surface area (Å²) in [5.41, 5.74) is 2.88. The standard InChI is InChI=1S/C24H23FN4O2/c1-14-8-19(25)23-27-21(13-29(23)11-14)18-9-15-2-3-17(10-22(15)31-24(18)30)28-7-5-20-16(12-28)4-6-26-20/h2-3,8-11,13,16,20,26H,4-7,12H2,1H3/t16-,20?/m0/s1. The Kier molecular flexibility index (Phi) is 4.14. The molecular formula is C24H23FN4O2. The van der Waals surface area contributed by atoms with Gasteiger partial charge in [-0.25, -0.2) is 14.2 Å². The Bertz CT molecular complexity index is 1380. The molecule has 7 heteroatoms. The van der Waals surface area contributed by atoms with Gasteiger partial charge in [-0.2, -0.15) is 0 Å². The highest BCUT2D eigenvalue weighted by molar-refractivity contribution is 5.84. The van der Waals surface area contributed by atoms with Crippen LogP contribution in [0.3, 0.4) is 0 Å². The summed E-state index contributed by atoms with van der Waals surface area (Å²) in [6, 6.07) is 9.87. The molecule has 6 nitrogen and oxygen atoms in total. The fourth-order valence-corrected chi connectivity index (χ4v) is 5.08. The van der Waals surface area contributed by atoms with Crippen molar-refractivity contribution in [1.82, 2.24) is 14.7 Å². The summed E-state index contributed by atoms with van der Waals surface area (Å²) in [4.78, 5) is 19.5. The van der Waals surface area contributed by atoms with Gasteiger partial charge in [-0.3, -0.25) is 0 Å². The minimum absolute atomic E-state index is 0.195. The number of benzene rings is 1. The summed E-state index contributed by atoms with van der Waals surface area (Å²) in [5, 5.41) is 4.41.